The predicted octanol–water partition coefficient (Wildman–Crippen LogP) is 4.90. The van der Waals surface area contributed by atoms with Gasteiger partial charge in [-0.15, -0.1) is 0 Å². The smallest absolute Gasteiger partial charge is 0.340 e. The number of nitrogens with zero attached hydrogens (tertiary/aromatic N) is 1. The van der Waals surface area contributed by atoms with Crippen molar-refractivity contribution < 1.29 is 13.9 Å². The fourth-order valence-electron chi connectivity index (χ4n) is 2.30. The molecular weight excluding hydrogens is 329 g/mol. The van der Waals surface area contributed by atoms with Gasteiger partial charge in [-0.1, -0.05) is 41.9 Å². The first-order chi connectivity index (χ1) is 11.6. The molecule has 5 heteroatoms. The number of pyridine rings is 1. The third-order valence-electron chi connectivity index (χ3n) is 3.48. The van der Waals surface area contributed by atoms with E-state index in [2.05, 4.69) is 4.98 Å². The molecule has 0 aliphatic carbocycles. The molecule has 3 rings (SSSR count). The van der Waals surface area contributed by atoms with Crippen LogP contribution in [0.1, 0.15) is 15.9 Å². The van der Waals surface area contributed by atoms with Gasteiger partial charge in [0, 0.05) is 28.5 Å². The highest BCUT2D eigenvalue weighted by molar-refractivity contribution is 6.30. The van der Waals surface area contributed by atoms with Crippen LogP contribution in [0.5, 0.6) is 0 Å². The van der Waals surface area contributed by atoms with Crippen LogP contribution in [0.4, 0.5) is 4.39 Å². The standard InChI is InChI=1S/C19H13ClFNO2/c20-14-6-7-16(18(21)10-14)15-8-9-22-11-17(15)19(23)24-12-13-4-2-1-3-5-13/h1-11H,12H2. The Morgan fingerprint density at radius 2 is 1.88 bits per heavy atom. The zero-order valence-corrected chi connectivity index (χ0v) is 13.3. The van der Waals surface area contributed by atoms with E-state index in [-0.39, 0.29) is 17.7 Å². The summed E-state index contributed by atoms with van der Waals surface area (Å²) in [6.45, 7) is 0.136. The van der Waals surface area contributed by atoms with Crippen molar-refractivity contribution in [1.82, 2.24) is 4.98 Å². The van der Waals surface area contributed by atoms with Crippen LogP contribution in [0.2, 0.25) is 5.02 Å². The number of aromatic nitrogens is 1. The summed E-state index contributed by atoms with van der Waals surface area (Å²) in [4.78, 5) is 16.3. The first kappa shape index (κ1) is 16.1. The Labute approximate surface area is 143 Å². The van der Waals surface area contributed by atoms with Crippen LogP contribution in [0, 0.1) is 5.82 Å². The number of hydrogen-bond donors (Lipinski definition) is 0. The molecule has 0 radical (unpaired) electrons. The minimum atomic E-state index is -0.559. The maximum atomic E-state index is 14.2. The second kappa shape index (κ2) is 7.23. The third-order valence-corrected chi connectivity index (χ3v) is 3.71. The van der Waals surface area contributed by atoms with E-state index >= 15 is 0 Å². The van der Waals surface area contributed by atoms with Gasteiger partial charge < -0.3 is 4.74 Å². The summed E-state index contributed by atoms with van der Waals surface area (Å²) >= 11 is 5.78. The van der Waals surface area contributed by atoms with E-state index in [4.69, 9.17) is 16.3 Å². The largest absolute Gasteiger partial charge is 0.457 e. The molecule has 0 saturated heterocycles. The number of hydrogen-bond acceptors (Lipinski definition) is 3. The molecule has 24 heavy (non-hydrogen) atoms. The molecule has 3 nitrogen and oxygen atoms in total. The summed E-state index contributed by atoms with van der Waals surface area (Å²) in [6.07, 6.45) is 2.87. The predicted molar refractivity (Wildman–Crippen MR) is 90.2 cm³/mol. The molecule has 0 spiro atoms. The van der Waals surface area contributed by atoms with Crippen LogP contribution in [-0.2, 0) is 11.3 Å². The highest BCUT2D eigenvalue weighted by Crippen LogP contribution is 2.28. The first-order valence-electron chi connectivity index (χ1n) is 7.25. The monoisotopic (exact) mass is 341 g/mol. The zero-order chi connectivity index (χ0) is 16.9. The molecule has 0 aliphatic heterocycles. The molecule has 3 aromatic rings. The highest BCUT2D eigenvalue weighted by atomic mass is 35.5. The Bertz CT molecular complexity index is 868. The van der Waals surface area contributed by atoms with Gasteiger partial charge in [0.15, 0.2) is 0 Å². The summed E-state index contributed by atoms with van der Waals surface area (Å²) in [5.41, 5.74) is 1.76. The van der Waals surface area contributed by atoms with E-state index in [9.17, 15) is 9.18 Å². The normalized spacial score (nSPS) is 10.4. The molecule has 0 amide bonds. The van der Waals surface area contributed by atoms with Gasteiger partial charge in [0.25, 0.3) is 0 Å². The summed E-state index contributed by atoms with van der Waals surface area (Å²) in [5, 5.41) is 0.290. The van der Waals surface area contributed by atoms with E-state index < -0.39 is 11.8 Å². The third kappa shape index (κ3) is 3.60. The van der Waals surface area contributed by atoms with Gasteiger partial charge in [0.2, 0.25) is 0 Å². The average molecular weight is 342 g/mol. The van der Waals surface area contributed by atoms with Crippen LogP contribution in [0.15, 0.2) is 67.0 Å². The fourth-order valence-corrected chi connectivity index (χ4v) is 2.46. The number of ether oxygens (including phenoxy) is 1. The van der Waals surface area contributed by atoms with Crippen LogP contribution >= 0.6 is 11.6 Å². The number of halogens is 2. The summed E-state index contributed by atoms with van der Waals surface area (Å²) in [5.74, 6) is -1.07. The van der Waals surface area contributed by atoms with Gasteiger partial charge in [-0.05, 0) is 29.8 Å². The van der Waals surface area contributed by atoms with Crippen LogP contribution in [0.3, 0.4) is 0 Å². The summed E-state index contributed by atoms with van der Waals surface area (Å²) in [7, 11) is 0. The summed E-state index contributed by atoms with van der Waals surface area (Å²) in [6, 6.07) is 15.2. The lowest BCUT2D eigenvalue weighted by Gasteiger charge is -2.10. The van der Waals surface area contributed by atoms with Crippen molar-refractivity contribution in [1.29, 1.82) is 0 Å². The zero-order valence-electron chi connectivity index (χ0n) is 12.6. The minimum absolute atomic E-state index is 0.136. The quantitative estimate of drug-likeness (QED) is 0.634. The molecule has 1 heterocycles. The first-order valence-corrected chi connectivity index (χ1v) is 7.63. The molecule has 0 bridgehead atoms. The van der Waals surface area contributed by atoms with Gasteiger partial charge in [-0.3, -0.25) is 4.98 Å². The van der Waals surface area contributed by atoms with Gasteiger partial charge in [0.1, 0.15) is 12.4 Å². The maximum Gasteiger partial charge on any atom is 0.340 e. The van der Waals surface area contributed by atoms with E-state index in [1.165, 1.54) is 24.5 Å². The number of carbonyl (C=O) groups is 1. The Morgan fingerprint density at radius 3 is 2.62 bits per heavy atom. The van der Waals surface area contributed by atoms with E-state index in [0.717, 1.165) is 5.56 Å². The molecule has 120 valence electrons. The van der Waals surface area contributed by atoms with E-state index in [1.807, 2.05) is 30.3 Å². The van der Waals surface area contributed by atoms with Crippen LogP contribution in [0.25, 0.3) is 11.1 Å². The van der Waals surface area contributed by atoms with Crippen molar-refractivity contribution >= 4 is 17.6 Å². The van der Waals surface area contributed by atoms with Crippen molar-refractivity contribution in [3.8, 4) is 11.1 Å². The lowest BCUT2D eigenvalue weighted by atomic mass is 10.0. The van der Waals surface area contributed by atoms with E-state index in [1.54, 1.807) is 12.1 Å². The van der Waals surface area contributed by atoms with Gasteiger partial charge in [-0.2, -0.15) is 0 Å². The minimum Gasteiger partial charge on any atom is -0.457 e. The molecular formula is C19H13ClFNO2. The Morgan fingerprint density at radius 1 is 1.08 bits per heavy atom. The van der Waals surface area contributed by atoms with Crippen molar-refractivity contribution in [3.63, 3.8) is 0 Å². The molecule has 2 aromatic carbocycles. The molecule has 1 aromatic heterocycles. The highest BCUT2D eigenvalue weighted by Gasteiger charge is 2.17. The molecule has 0 unspecified atom stereocenters. The van der Waals surface area contributed by atoms with Crippen molar-refractivity contribution in [2.24, 2.45) is 0 Å². The topological polar surface area (TPSA) is 39.2 Å². The Kier molecular flexibility index (Phi) is 4.87. The number of rotatable bonds is 4. The summed E-state index contributed by atoms with van der Waals surface area (Å²) < 4.78 is 19.5. The van der Waals surface area contributed by atoms with E-state index in [0.29, 0.717) is 10.6 Å². The number of carbonyl (C=O) groups excluding carboxylic acids is 1. The van der Waals surface area contributed by atoms with Crippen LogP contribution < -0.4 is 0 Å². The SMILES string of the molecule is O=C(OCc1ccccc1)c1cnccc1-c1ccc(Cl)cc1F. The second-order valence-corrected chi connectivity index (χ2v) is 5.54. The van der Waals surface area contributed by atoms with Crippen molar-refractivity contribution in [3.05, 3.63) is 89.0 Å². The van der Waals surface area contributed by atoms with Crippen LogP contribution in [-0.4, -0.2) is 11.0 Å². The molecule has 0 N–H and O–H groups in total. The number of esters is 1. The lowest BCUT2D eigenvalue weighted by molar-refractivity contribution is 0.0473. The average Bonchev–Trinajstić information content (AvgIpc) is 2.61. The van der Waals surface area contributed by atoms with Gasteiger partial charge in [0.05, 0.1) is 5.56 Å². The van der Waals surface area contributed by atoms with Crippen molar-refractivity contribution in [2.75, 3.05) is 0 Å². The fraction of sp³-hybridized carbons (Fsp3) is 0.0526. The van der Waals surface area contributed by atoms with Gasteiger partial charge in [-0.25, -0.2) is 9.18 Å². The Hall–Kier alpha value is -2.72. The van der Waals surface area contributed by atoms with Crippen molar-refractivity contribution in [2.45, 2.75) is 6.61 Å². The Balaban J connectivity index is 1.87. The molecule has 0 saturated carbocycles. The lowest BCUT2D eigenvalue weighted by Crippen LogP contribution is -2.08. The number of benzene rings is 2. The van der Waals surface area contributed by atoms with Gasteiger partial charge >= 0.3 is 5.97 Å². The second-order valence-electron chi connectivity index (χ2n) is 5.11. The maximum absolute atomic E-state index is 14.2. The molecule has 0 atom stereocenters. The molecule has 0 aliphatic rings. The molecule has 0 fully saturated rings.